The first kappa shape index (κ1) is 13.8. The first-order chi connectivity index (χ1) is 7.42. The van der Waals surface area contributed by atoms with Crippen LogP contribution in [0.1, 0.15) is 32.6 Å². The molecule has 0 aromatic rings. The molecule has 5 heteroatoms. The molecule has 1 fully saturated rings. The van der Waals surface area contributed by atoms with E-state index in [4.69, 9.17) is 5.73 Å². The average Bonchev–Trinajstić information content (AvgIpc) is 2.49. The third-order valence-corrected chi connectivity index (χ3v) is 3.15. The van der Waals surface area contributed by atoms with Crippen molar-refractivity contribution in [3.8, 4) is 0 Å². The predicted octanol–water partition coefficient (Wildman–Crippen LogP) is 2.39. The van der Waals surface area contributed by atoms with Crippen molar-refractivity contribution >= 4 is 0 Å². The second-order valence-electron chi connectivity index (χ2n) is 4.71. The summed E-state index contributed by atoms with van der Waals surface area (Å²) < 4.78 is 37.0. The lowest BCUT2D eigenvalue weighted by molar-refractivity contribution is -0.147. The van der Waals surface area contributed by atoms with Crippen LogP contribution in [-0.2, 0) is 0 Å². The fourth-order valence-electron chi connectivity index (χ4n) is 2.43. The van der Waals surface area contributed by atoms with Crippen molar-refractivity contribution in [2.24, 2.45) is 11.7 Å². The van der Waals surface area contributed by atoms with E-state index < -0.39 is 12.7 Å². The van der Waals surface area contributed by atoms with Gasteiger partial charge in [0.1, 0.15) is 0 Å². The van der Waals surface area contributed by atoms with Crippen LogP contribution in [0.3, 0.4) is 0 Å². The Kier molecular flexibility index (Phi) is 5.05. The molecule has 1 rings (SSSR count). The highest BCUT2D eigenvalue weighted by atomic mass is 19.4. The maximum Gasteiger partial charge on any atom is 0.401 e. The topological polar surface area (TPSA) is 29.3 Å². The SMILES string of the molecule is CCCN(CC1CCCC1N)CC(F)(F)F. The molecule has 0 saturated heterocycles. The van der Waals surface area contributed by atoms with E-state index >= 15 is 0 Å². The molecule has 0 aromatic heterocycles. The summed E-state index contributed by atoms with van der Waals surface area (Å²) in [5.41, 5.74) is 5.88. The Morgan fingerprint density at radius 2 is 2.00 bits per heavy atom. The highest BCUT2D eigenvalue weighted by molar-refractivity contribution is 4.83. The second-order valence-corrected chi connectivity index (χ2v) is 4.71. The van der Waals surface area contributed by atoms with Gasteiger partial charge in [-0.3, -0.25) is 4.90 Å². The molecule has 1 aliphatic rings. The molecule has 0 radical (unpaired) electrons. The van der Waals surface area contributed by atoms with Crippen molar-refractivity contribution in [2.45, 2.75) is 44.8 Å². The van der Waals surface area contributed by atoms with Crippen LogP contribution in [-0.4, -0.2) is 36.8 Å². The maximum absolute atomic E-state index is 12.3. The van der Waals surface area contributed by atoms with E-state index in [1.54, 1.807) is 0 Å². The molecule has 2 atom stereocenters. The van der Waals surface area contributed by atoms with Gasteiger partial charge in [-0.15, -0.1) is 0 Å². The quantitative estimate of drug-likeness (QED) is 0.797. The van der Waals surface area contributed by atoms with Crippen LogP contribution in [0.15, 0.2) is 0 Å². The van der Waals surface area contributed by atoms with Gasteiger partial charge in [0, 0.05) is 12.6 Å². The second kappa shape index (κ2) is 5.87. The van der Waals surface area contributed by atoms with E-state index in [1.165, 1.54) is 4.90 Å². The van der Waals surface area contributed by atoms with Gasteiger partial charge in [0.15, 0.2) is 0 Å². The monoisotopic (exact) mass is 238 g/mol. The number of halogens is 3. The molecular formula is C11H21F3N2. The molecule has 16 heavy (non-hydrogen) atoms. The number of nitrogens with zero attached hydrogens (tertiary/aromatic N) is 1. The molecule has 96 valence electrons. The number of hydrogen-bond donors (Lipinski definition) is 1. The summed E-state index contributed by atoms with van der Waals surface area (Å²) in [5.74, 6) is 0.244. The Bertz CT molecular complexity index is 206. The Labute approximate surface area is 95.0 Å². The van der Waals surface area contributed by atoms with E-state index in [9.17, 15) is 13.2 Å². The summed E-state index contributed by atoms with van der Waals surface area (Å²) >= 11 is 0. The standard InChI is InChI=1S/C11H21F3N2/c1-2-6-16(8-11(12,13)14)7-9-4-3-5-10(9)15/h9-10H,2-8,15H2,1H3. The highest BCUT2D eigenvalue weighted by Crippen LogP contribution is 2.26. The lowest BCUT2D eigenvalue weighted by Crippen LogP contribution is -2.41. The molecule has 2 unspecified atom stereocenters. The van der Waals surface area contributed by atoms with Gasteiger partial charge in [0.05, 0.1) is 6.54 Å². The van der Waals surface area contributed by atoms with Gasteiger partial charge in [0.25, 0.3) is 0 Å². The van der Waals surface area contributed by atoms with E-state index in [0.29, 0.717) is 13.1 Å². The van der Waals surface area contributed by atoms with Crippen molar-refractivity contribution < 1.29 is 13.2 Å². The van der Waals surface area contributed by atoms with Crippen LogP contribution in [0, 0.1) is 5.92 Å². The summed E-state index contributed by atoms with van der Waals surface area (Å²) in [6.07, 6.45) is -0.371. The van der Waals surface area contributed by atoms with E-state index in [0.717, 1.165) is 25.7 Å². The van der Waals surface area contributed by atoms with Crippen LogP contribution < -0.4 is 5.73 Å². The number of nitrogens with two attached hydrogens (primary N) is 1. The zero-order valence-corrected chi connectivity index (χ0v) is 9.76. The van der Waals surface area contributed by atoms with Crippen molar-refractivity contribution in [1.82, 2.24) is 4.90 Å². The van der Waals surface area contributed by atoms with E-state index in [1.807, 2.05) is 6.92 Å². The lowest BCUT2D eigenvalue weighted by atomic mass is 10.0. The zero-order valence-electron chi connectivity index (χ0n) is 9.76. The summed E-state index contributed by atoms with van der Waals surface area (Å²) in [6, 6.07) is 0.0904. The molecule has 1 saturated carbocycles. The third-order valence-electron chi connectivity index (χ3n) is 3.15. The predicted molar refractivity (Wildman–Crippen MR) is 58.1 cm³/mol. The molecule has 0 bridgehead atoms. The smallest absolute Gasteiger partial charge is 0.327 e. The van der Waals surface area contributed by atoms with Crippen molar-refractivity contribution in [3.63, 3.8) is 0 Å². The van der Waals surface area contributed by atoms with Crippen molar-refractivity contribution in [1.29, 1.82) is 0 Å². The molecule has 0 aliphatic heterocycles. The fourth-order valence-corrected chi connectivity index (χ4v) is 2.43. The van der Waals surface area contributed by atoms with Crippen LogP contribution in [0.5, 0.6) is 0 Å². The Morgan fingerprint density at radius 3 is 2.44 bits per heavy atom. The molecular weight excluding hydrogens is 217 g/mol. The molecule has 0 amide bonds. The molecule has 0 aromatic carbocycles. The average molecular weight is 238 g/mol. The normalized spacial score (nSPS) is 26.6. The first-order valence-electron chi connectivity index (χ1n) is 5.97. The van der Waals surface area contributed by atoms with Crippen LogP contribution in [0.25, 0.3) is 0 Å². The molecule has 2 N–H and O–H groups in total. The number of rotatable bonds is 5. The molecule has 0 spiro atoms. The van der Waals surface area contributed by atoms with Crippen molar-refractivity contribution in [2.75, 3.05) is 19.6 Å². The minimum atomic E-state index is -4.10. The summed E-state index contributed by atoms with van der Waals surface area (Å²) in [4.78, 5) is 1.50. The van der Waals surface area contributed by atoms with Gasteiger partial charge in [0.2, 0.25) is 0 Å². The maximum atomic E-state index is 12.3. The van der Waals surface area contributed by atoms with Gasteiger partial charge >= 0.3 is 6.18 Å². The molecule has 1 aliphatic carbocycles. The summed E-state index contributed by atoms with van der Waals surface area (Å²) in [7, 11) is 0. The van der Waals surface area contributed by atoms with Gasteiger partial charge < -0.3 is 5.73 Å². The summed E-state index contributed by atoms with van der Waals surface area (Å²) in [5, 5.41) is 0. The minimum absolute atomic E-state index is 0.0904. The van der Waals surface area contributed by atoms with Gasteiger partial charge in [-0.25, -0.2) is 0 Å². The van der Waals surface area contributed by atoms with Gasteiger partial charge in [-0.05, 0) is 31.7 Å². The summed E-state index contributed by atoms with van der Waals surface area (Å²) in [6.45, 7) is 2.10. The van der Waals surface area contributed by atoms with Gasteiger partial charge in [-0.1, -0.05) is 13.3 Å². The van der Waals surface area contributed by atoms with E-state index in [2.05, 4.69) is 0 Å². The third kappa shape index (κ3) is 4.70. The minimum Gasteiger partial charge on any atom is -0.327 e. The van der Waals surface area contributed by atoms with Crippen LogP contribution >= 0.6 is 0 Å². The zero-order chi connectivity index (χ0) is 12.2. The lowest BCUT2D eigenvalue weighted by Gasteiger charge is -2.27. The fraction of sp³-hybridized carbons (Fsp3) is 1.00. The number of hydrogen-bond acceptors (Lipinski definition) is 2. The Morgan fingerprint density at radius 1 is 1.31 bits per heavy atom. The van der Waals surface area contributed by atoms with Crippen LogP contribution in [0.4, 0.5) is 13.2 Å². The Hall–Kier alpha value is -0.290. The largest absolute Gasteiger partial charge is 0.401 e. The van der Waals surface area contributed by atoms with Crippen molar-refractivity contribution in [3.05, 3.63) is 0 Å². The van der Waals surface area contributed by atoms with Crippen LogP contribution in [0.2, 0.25) is 0 Å². The van der Waals surface area contributed by atoms with E-state index in [-0.39, 0.29) is 12.0 Å². The molecule has 0 heterocycles. The van der Waals surface area contributed by atoms with Gasteiger partial charge in [-0.2, -0.15) is 13.2 Å². The first-order valence-corrected chi connectivity index (χ1v) is 5.97. The highest BCUT2D eigenvalue weighted by Gasteiger charge is 2.33. The molecule has 2 nitrogen and oxygen atoms in total. The Balaban J connectivity index is 2.43. The number of alkyl halides is 3.